The van der Waals surface area contributed by atoms with Gasteiger partial charge in [-0.2, -0.15) is 0 Å². The summed E-state index contributed by atoms with van der Waals surface area (Å²) in [6.07, 6.45) is -0.342. The van der Waals surface area contributed by atoms with E-state index in [0.717, 1.165) is 6.42 Å². The van der Waals surface area contributed by atoms with Crippen LogP contribution >= 0.6 is 0 Å². The number of carboxylic acids is 4. The van der Waals surface area contributed by atoms with Crippen molar-refractivity contribution in [3.8, 4) is 0 Å². The lowest BCUT2D eigenvalue weighted by Crippen LogP contribution is -2.52. The number of hydrogen-bond donors (Lipinski definition) is 4. The minimum absolute atomic E-state index is 0.0282. The van der Waals surface area contributed by atoms with Crippen molar-refractivity contribution in [2.24, 2.45) is 0 Å². The quantitative estimate of drug-likeness (QED) is 0.194. The molecule has 1 aliphatic rings. The van der Waals surface area contributed by atoms with E-state index in [1.165, 1.54) is 16.8 Å². The van der Waals surface area contributed by atoms with Crippen LogP contribution in [0.1, 0.15) is 39.0 Å². The number of piperazine rings is 1. The molecule has 0 aromatic rings. The summed E-state index contributed by atoms with van der Waals surface area (Å²) in [5, 5.41) is 37.0. The van der Waals surface area contributed by atoms with Crippen molar-refractivity contribution < 1.29 is 49.2 Å². The van der Waals surface area contributed by atoms with Gasteiger partial charge in [-0.05, 0) is 13.5 Å². The lowest BCUT2D eigenvalue weighted by molar-refractivity contribution is -0.151. The lowest BCUT2D eigenvalue weighted by atomic mass is 10.1. The fourth-order valence-electron chi connectivity index (χ4n) is 3.98. The van der Waals surface area contributed by atoms with E-state index < -0.39 is 48.8 Å². The molecule has 1 saturated heterocycles. The van der Waals surface area contributed by atoms with Crippen LogP contribution in [0.3, 0.4) is 0 Å². The van der Waals surface area contributed by atoms with Gasteiger partial charge in [-0.3, -0.25) is 38.6 Å². The largest absolute Gasteiger partial charge is 0.481 e. The van der Waals surface area contributed by atoms with Gasteiger partial charge in [-0.1, -0.05) is 6.92 Å². The monoisotopic (exact) mass is 516 g/mol. The van der Waals surface area contributed by atoms with Crippen LogP contribution in [0.25, 0.3) is 0 Å². The molecule has 0 unspecified atom stereocenters. The molecule has 1 fully saturated rings. The van der Waals surface area contributed by atoms with Crippen molar-refractivity contribution in [1.29, 1.82) is 0 Å². The van der Waals surface area contributed by atoms with Crippen LogP contribution in [-0.4, -0.2) is 141 Å². The van der Waals surface area contributed by atoms with Crippen molar-refractivity contribution in [3.63, 3.8) is 0 Å². The minimum Gasteiger partial charge on any atom is -0.481 e. The van der Waals surface area contributed by atoms with Gasteiger partial charge >= 0.3 is 23.9 Å². The molecule has 14 nitrogen and oxygen atoms in total. The predicted octanol–water partition coefficient (Wildman–Crippen LogP) is -1.06. The van der Waals surface area contributed by atoms with Crippen LogP contribution in [0, 0.1) is 0 Å². The molecule has 2 atom stereocenters. The molecule has 0 spiro atoms. The number of carbonyl (C=O) groups is 6. The standard InChI is InChI=1S/C22H36N4O10/c1-3-4-17(27)25-9-11-26(12-10-25)18(28)5-6-24(16(22(35)36)14-20(31)32)8-7-23(2)15(21(33)34)13-19(29)30/h15-16H,3-14H2,1-2H3,(H,29,30)(H,31,32)(H,33,34)(H,35,36)/t15-,16-/m1/s1. The Balaban J connectivity index is 2.84. The molecule has 0 aliphatic carbocycles. The Morgan fingerprint density at radius 3 is 1.56 bits per heavy atom. The van der Waals surface area contributed by atoms with Crippen LogP contribution in [0.15, 0.2) is 0 Å². The first-order valence-electron chi connectivity index (χ1n) is 11.8. The number of nitrogens with zero attached hydrogens (tertiary/aromatic N) is 4. The van der Waals surface area contributed by atoms with Gasteiger partial charge in [0.2, 0.25) is 11.8 Å². The third-order valence-electron chi connectivity index (χ3n) is 6.08. The van der Waals surface area contributed by atoms with Gasteiger partial charge in [0.1, 0.15) is 12.1 Å². The second-order valence-electron chi connectivity index (χ2n) is 8.68. The Hall–Kier alpha value is -3.26. The Bertz CT molecular complexity index is 813. The Morgan fingerprint density at radius 2 is 1.14 bits per heavy atom. The van der Waals surface area contributed by atoms with E-state index in [0.29, 0.717) is 32.6 Å². The van der Waals surface area contributed by atoms with Gasteiger partial charge in [-0.25, -0.2) is 0 Å². The van der Waals surface area contributed by atoms with Crippen molar-refractivity contribution in [2.45, 2.75) is 51.1 Å². The van der Waals surface area contributed by atoms with Gasteiger partial charge in [-0.15, -0.1) is 0 Å². The zero-order valence-electron chi connectivity index (χ0n) is 20.7. The fraction of sp³-hybridized carbons (Fsp3) is 0.727. The Kier molecular flexibility index (Phi) is 12.8. The first-order chi connectivity index (χ1) is 16.9. The second kappa shape index (κ2) is 15.0. The molecule has 0 saturated carbocycles. The number of likely N-dealkylation sites (N-methyl/N-ethyl adjacent to an activating group) is 1. The number of amides is 2. The summed E-state index contributed by atoms with van der Waals surface area (Å²) in [5.74, 6) is -5.68. The number of carboxylic acid groups (broad SMARTS) is 4. The van der Waals surface area contributed by atoms with E-state index in [-0.39, 0.29) is 37.9 Å². The SMILES string of the molecule is CCCC(=O)N1CCN(C(=O)CCN(CCN(C)[C@H](CC(=O)O)C(=O)O)[C@H](CC(=O)O)C(=O)O)CC1. The maximum Gasteiger partial charge on any atom is 0.321 e. The molecule has 14 heteroatoms. The zero-order chi connectivity index (χ0) is 27.4. The second-order valence-corrected chi connectivity index (χ2v) is 8.68. The minimum atomic E-state index is -1.46. The van der Waals surface area contributed by atoms with E-state index >= 15 is 0 Å². The highest BCUT2D eigenvalue weighted by Gasteiger charge is 2.31. The van der Waals surface area contributed by atoms with Crippen LogP contribution in [0.5, 0.6) is 0 Å². The predicted molar refractivity (Wildman–Crippen MR) is 124 cm³/mol. The molecule has 0 aromatic carbocycles. The van der Waals surface area contributed by atoms with Gasteiger partial charge < -0.3 is 30.2 Å². The average Bonchev–Trinajstić information content (AvgIpc) is 2.80. The normalized spacial score (nSPS) is 15.6. The lowest BCUT2D eigenvalue weighted by Gasteiger charge is -2.36. The summed E-state index contributed by atoms with van der Waals surface area (Å²) in [6.45, 7) is 3.11. The number of aliphatic carboxylic acids is 4. The molecule has 2 amide bonds. The van der Waals surface area contributed by atoms with E-state index in [2.05, 4.69) is 0 Å². The van der Waals surface area contributed by atoms with Crippen LogP contribution in [0.4, 0.5) is 0 Å². The third-order valence-corrected chi connectivity index (χ3v) is 6.08. The van der Waals surface area contributed by atoms with Gasteiger partial charge in [0.25, 0.3) is 0 Å². The smallest absolute Gasteiger partial charge is 0.321 e. The molecular formula is C22H36N4O10. The summed E-state index contributed by atoms with van der Waals surface area (Å²) < 4.78 is 0. The molecular weight excluding hydrogens is 480 g/mol. The van der Waals surface area contributed by atoms with E-state index in [4.69, 9.17) is 10.2 Å². The average molecular weight is 517 g/mol. The Morgan fingerprint density at radius 1 is 0.694 bits per heavy atom. The summed E-state index contributed by atoms with van der Waals surface area (Å²) in [5.41, 5.74) is 0. The summed E-state index contributed by atoms with van der Waals surface area (Å²) >= 11 is 0. The van der Waals surface area contributed by atoms with E-state index in [1.54, 1.807) is 9.80 Å². The summed E-state index contributed by atoms with van der Waals surface area (Å²) in [7, 11) is 1.37. The molecule has 1 rings (SSSR count). The molecule has 0 bridgehead atoms. The van der Waals surface area contributed by atoms with E-state index in [1.807, 2.05) is 6.92 Å². The highest BCUT2D eigenvalue weighted by molar-refractivity contribution is 5.82. The molecule has 36 heavy (non-hydrogen) atoms. The van der Waals surface area contributed by atoms with E-state index in [9.17, 15) is 39.0 Å². The van der Waals surface area contributed by atoms with Crippen molar-refractivity contribution in [2.75, 3.05) is 52.9 Å². The first kappa shape index (κ1) is 30.8. The van der Waals surface area contributed by atoms with Crippen LogP contribution in [0.2, 0.25) is 0 Å². The molecule has 0 aromatic heterocycles. The summed E-state index contributed by atoms with van der Waals surface area (Å²) in [6, 6.07) is -2.82. The van der Waals surface area contributed by atoms with Gasteiger partial charge in [0.15, 0.2) is 0 Å². The number of hydrogen-bond acceptors (Lipinski definition) is 8. The van der Waals surface area contributed by atoms with Gasteiger partial charge in [0.05, 0.1) is 12.8 Å². The zero-order valence-corrected chi connectivity index (χ0v) is 20.7. The van der Waals surface area contributed by atoms with Gasteiger partial charge in [0, 0.05) is 58.7 Å². The van der Waals surface area contributed by atoms with Crippen LogP contribution < -0.4 is 0 Å². The highest BCUT2D eigenvalue weighted by atomic mass is 16.4. The Labute approximate surface area is 209 Å². The maximum atomic E-state index is 12.8. The van der Waals surface area contributed by atoms with Crippen molar-refractivity contribution >= 4 is 35.7 Å². The third kappa shape index (κ3) is 10.2. The molecule has 204 valence electrons. The number of carbonyl (C=O) groups excluding carboxylic acids is 2. The number of rotatable bonds is 16. The van der Waals surface area contributed by atoms with Crippen molar-refractivity contribution in [1.82, 2.24) is 19.6 Å². The van der Waals surface area contributed by atoms with Crippen LogP contribution in [-0.2, 0) is 28.8 Å². The highest BCUT2D eigenvalue weighted by Crippen LogP contribution is 2.12. The topological polar surface area (TPSA) is 196 Å². The fourth-order valence-corrected chi connectivity index (χ4v) is 3.98. The molecule has 0 radical (unpaired) electrons. The van der Waals surface area contributed by atoms with Crippen molar-refractivity contribution in [3.05, 3.63) is 0 Å². The summed E-state index contributed by atoms with van der Waals surface area (Å²) in [4.78, 5) is 76.0. The molecule has 4 N–H and O–H groups in total. The maximum absolute atomic E-state index is 12.8. The first-order valence-corrected chi connectivity index (χ1v) is 11.8. The molecule has 1 heterocycles. The molecule has 1 aliphatic heterocycles.